The second-order valence-electron chi connectivity index (χ2n) is 5.41. The molecule has 104 valence electrons. The molecule has 2 atom stereocenters. The van der Waals surface area contributed by atoms with E-state index in [0.29, 0.717) is 5.92 Å². The Labute approximate surface area is 113 Å². The summed E-state index contributed by atoms with van der Waals surface area (Å²) >= 11 is 0. The van der Waals surface area contributed by atoms with Crippen LogP contribution in [0.2, 0.25) is 0 Å². The number of carboxylic acids is 1. The van der Waals surface area contributed by atoms with Crippen molar-refractivity contribution >= 4 is 5.97 Å². The first-order valence-corrected chi connectivity index (χ1v) is 6.68. The molecule has 1 fully saturated rings. The standard InChI is InChI=1S/C15H21NO3/c1-3-10(2)11-4-6-12(7-5-11)13(16)15(14(17)18)8-19-9-15/h4-7,10,13H,3,8-9,16H2,1-2H3,(H,17,18). The van der Waals surface area contributed by atoms with E-state index in [9.17, 15) is 9.90 Å². The first-order chi connectivity index (χ1) is 9.01. The third-order valence-corrected chi connectivity index (χ3v) is 4.22. The van der Waals surface area contributed by atoms with Crippen LogP contribution in [-0.4, -0.2) is 24.3 Å². The van der Waals surface area contributed by atoms with Gasteiger partial charge >= 0.3 is 5.97 Å². The van der Waals surface area contributed by atoms with Gasteiger partial charge in [-0.3, -0.25) is 4.79 Å². The molecule has 4 nitrogen and oxygen atoms in total. The Morgan fingerprint density at radius 3 is 2.26 bits per heavy atom. The summed E-state index contributed by atoms with van der Waals surface area (Å²) < 4.78 is 5.06. The highest BCUT2D eigenvalue weighted by atomic mass is 16.5. The maximum atomic E-state index is 11.4. The molecule has 2 unspecified atom stereocenters. The fourth-order valence-electron chi connectivity index (χ4n) is 2.34. The van der Waals surface area contributed by atoms with Crippen molar-refractivity contribution in [1.29, 1.82) is 0 Å². The van der Waals surface area contributed by atoms with Crippen LogP contribution in [0.3, 0.4) is 0 Å². The maximum Gasteiger partial charge on any atom is 0.316 e. The van der Waals surface area contributed by atoms with E-state index >= 15 is 0 Å². The predicted molar refractivity (Wildman–Crippen MR) is 73.0 cm³/mol. The highest BCUT2D eigenvalue weighted by molar-refractivity contribution is 5.77. The number of benzene rings is 1. The van der Waals surface area contributed by atoms with Gasteiger partial charge in [-0.15, -0.1) is 0 Å². The molecule has 19 heavy (non-hydrogen) atoms. The van der Waals surface area contributed by atoms with Crippen molar-refractivity contribution in [3.05, 3.63) is 35.4 Å². The molecule has 1 aliphatic rings. The van der Waals surface area contributed by atoms with E-state index in [0.717, 1.165) is 12.0 Å². The lowest BCUT2D eigenvalue weighted by Gasteiger charge is -2.42. The number of carbonyl (C=O) groups is 1. The summed E-state index contributed by atoms with van der Waals surface area (Å²) in [6.07, 6.45) is 1.08. The average molecular weight is 263 g/mol. The van der Waals surface area contributed by atoms with Crippen LogP contribution in [0.25, 0.3) is 0 Å². The van der Waals surface area contributed by atoms with E-state index in [4.69, 9.17) is 10.5 Å². The van der Waals surface area contributed by atoms with Gasteiger partial charge in [-0.1, -0.05) is 38.1 Å². The van der Waals surface area contributed by atoms with E-state index in [1.807, 2.05) is 24.3 Å². The van der Waals surface area contributed by atoms with Crippen molar-refractivity contribution in [1.82, 2.24) is 0 Å². The Morgan fingerprint density at radius 2 is 1.89 bits per heavy atom. The molecule has 4 heteroatoms. The van der Waals surface area contributed by atoms with E-state index in [2.05, 4.69) is 13.8 Å². The zero-order valence-corrected chi connectivity index (χ0v) is 11.4. The largest absolute Gasteiger partial charge is 0.481 e. The van der Waals surface area contributed by atoms with Crippen LogP contribution >= 0.6 is 0 Å². The molecule has 0 radical (unpaired) electrons. The van der Waals surface area contributed by atoms with E-state index in [1.165, 1.54) is 5.56 Å². The fourth-order valence-corrected chi connectivity index (χ4v) is 2.34. The Bertz CT molecular complexity index is 451. The molecule has 0 spiro atoms. The lowest BCUT2D eigenvalue weighted by atomic mass is 9.75. The third kappa shape index (κ3) is 2.38. The SMILES string of the molecule is CCC(C)c1ccc(C(N)C2(C(=O)O)COC2)cc1. The highest BCUT2D eigenvalue weighted by Gasteiger charge is 2.51. The summed E-state index contributed by atoms with van der Waals surface area (Å²) in [4.78, 5) is 11.4. The number of carboxylic acid groups (broad SMARTS) is 1. The van der Waals surface area contributed by atoms with Crippen LogP contribution in [0.4, 0.5) is 0 Å². The summed E-state index contributed by atoms with van der Waals surface area (Å²) in [6, 6.07) is 7.44. The van der Waals surface area contributed by atoms with Gasteiger partial charge in [-0.25, -0.2) is 0 Å². The van der Waals surface area contributed by atoms with Gasteiger partial charge in [0.1, 0.15) is 5.41 Å². The average Bonchev–Trinajstić information content (AvgIpc) is 2.36. The van der Waals surface area contributed by atoms with Crippen molar-refractivity contribution in [2.45, 2.75) is 32.2 Å². The molecule has 1 aromatic rings. The number of aliphatic carboxylic acids is 1. The Balaban J connectivity index is 2.20. The van der Waals surface area contributed by atoms with Crippen molar-refractivity contribution in [2.24, 2.45) is 11.1 Å². The minimum Gasteiger partial charge on any atom is -0.481 e. The highest BCUT2D eigenvalue weighted by Crippen LogP contribution is 2.39. The van der Waals surface area contributed by atoms with Gasteiger partial charge in [0.25, 0.3) is 0 Å². The Hall–Kier alpha value is -1.39. The van der Waals surface area contributed by atoms with Crippen molar-refractivity contribution in [3.63, 3.8) is 0 Å². The molecule has 3 N–H and O–H groups in total. The van der Waals surface area contributed by atoms with E-state index in [-0.39, 0.29) is 13.2 Å². The molecule has 0 aliphatic carbocycles. The van der Waals surface area contributed by atoms with Crippen LogP contribution in [0, 0.1) is 5.41 Å². The summed E-state index contributed by atoms with van der Waals surface area (Å²) in [6.45, 7) is 4.70. The first-order valence-electron chi connectivity index (χ1n) is 6.68. The molecular weight excluding hydrogens is 242 g/mol. The molecule has 0 amide bonds. The first kappa shape index (κ1) is 14.0. The number of hydrogen-bond donors (Lipinski definition) is 2. The lowest BCUT2D eigenvalue weighted by molar-refractivity contribution is -0.184. The van der Waals surface area contributed by atoms with Gasteiger partial charge in [0.05, 0.1) is 19.3 Å². The van der Waals surface area contributed by atoms with Gasteiger partial charge in [0.2, 0.25) is 0 Å². The van der Waals surface area contributed by atoms with Crippen LogP contribution in [-0.2, 0) is 9.53 Å². The van der Waals surface area contributed by atoms with Gasteiger partial charge in [0, 0.05) is 0 Å². The zero-order valence-electron chi connectivity index (χ0n) is 11.4. The van der Waals surface area contributed by atoms with Crippen LogP contribution < -0.4 is 5.73 Å². The molecular formula is C15H21NO3. The lowest BCUT2D eigenvalue weighted by Crippen LogP contribution is -2.55. The summed E-state index contributed by atoms with van der Waals surface area (Å²) in [7, 11) is 0. The fraction of sp³-hybridized carbons (Fsp3) is 0.533. The monoisotopic (exact) mass is 263 g/mol. The molecule has 0 saturated carbocycles. The second kappa shape index (κ2) is 5.31. The zero-order chi connectivity index (χ0) is 14.0. The minimum absolute atomic E-state index is 0.191. The number of rotatable bonds is 5. The Morgan fingerprint density at radius 1 is 1.37 bits per heavy atom. The molecule has 0 bridgehead atoms. The minimum atomic E-state index is -0.960. The maximum absolute atomic E-state index is 11.4. The van der Waals surface area contributed by atoms with Crippen LogP contribution in [0.15, 0.2) is 24.3 Å². The molecule has 1 heterocycles. The summed E-state index contributed by atoms with van der Waals surface area (Å²) in [5.74, 6) is -0.372. The van der Waals surface area contributed by atoms with Gasteiger partial charge in [-0.2, -0.15) is 0 Å². The van der Waals surface area contributed by atoms with Gasteiger partial charge in [-0.05, 0) is 23.5 Å². The molecule has 1 saturated heterocycles. The smallest absolute Gasteiger partial charge is 0.316 e. The number of ether oxygens (including phenoxy) is 1. The molecule has 1 aliphatic heterocycles. The molecule has 2 rings (SSSR count). The van der Waals surface area contributed by atoms with Gasteiger partial charge in [0.15, 0.2) is 0 Å². The molecule has 0 aromatic heterocycles. The Kier molecular flexibility index (Phi) is 3.92. The van der Waals surface area contributed by atoms with Crippen molar-refractivity contribution in [2.75, 3.05) is 13.2 Å². The normalized spacial score (nSPS) is 20.4. The van der Waals surface area contributed by atoms with E-state index < -0.39 is 17.4 Å². The van der Waals surface area contributed by atoms with Crippen LogP contribution in [0.1, 0.15) is 43.4 Å². The topological polar surface area (TPSA) is 72.6 Å². The summed E-state index contributed by atoms with van der Waals surface area (Å²) in [5.41, 5.74) is 7.29. The second-order valence-corrected chi connectivity index (χ2v) is 5.41. The quantitative estimate of drug-likeness (QED) is 0.855. The van der Waals surface area contributed by atoms with Gasteiger partial charge < -0.3 is 15.6 Å². The van der Waals surface area contributed by atoms with Crippen LogP contribution in [0.5, 0.6) is 0 Å². The molecule has 1 aromatic carbocycles. The van der Waals surface area contributed by atoms with Crippen molar-refractivity contribution < 1.29 is 14.6 Å². The van der Waals surface area contributed by atoms with E-state index in [1.54, 1.807) is 0 Å². The summed E-state index contributed by atoms with van der Waals surface area (Å²) in [5, 5.41) is 9.34. The predicted octanol–water partition coefficient (Wildman–Crippen LogP) is 2.30. The van der Waals surface area contributed by atoms with Crippen molar-refractivity contribution in [3.8, 4) is 0 Å². The number of hydrogen-bond acceptors (Lipinski definition) is 3. The number of nitrogens with two attached hydrogens (primary N) is 1. The third-order valence-electron chi connectivity index (χ3n) is 4.22.